The maximum Gasteiger partial charge on any atom is 0.326 e. The summed E-state index contributed by atoms with van der Waals surface area (Å²) in [6.45, 7) is 5.26. The van der Waals surface area contributed by atoms with Gasteiger partial charge in [0.25, 0.3) is 15.7 Å². The zero-order valence-electron chi connectivity index (χ0n) is 11.1. The van der Waals surface area contributed by atoms with Crippen molar-refractivity contribution >= 4 is 21.0 Å². The molecule has 108 valence electrons. The highest BCUT2D eigenvalue weighted by Crippen LogP contribution is 2.30. The second-order valence-electron chi connectivity index (χ2n) is 5.53. The van der Waals surface area contributed by atoms with E-state index in [1.54, 1.807) is 20.8 Å². The Hall–Kier alpha value is -1.93. The van der Waals surface area contributed by atoms with Crippen molar-refractivity contribution in [2.75, 3.05) is 0 Å². The van der Waals surface area contributed by atoms with E-state index in [2.05, 4.69) is 9.97 Å². The second kappa shape index (κ2) is 4.29. The third kappa shape index (κ3) is 2.52. The van der Waals surface area contributed by atoms with Gasteiger partial charge in [0.1, 0.15) is 0 Å². The van der Waals surface area contributed by atoms with E-state index in [1.165, 1.54) is 6.07 Å². The fourth-order valence-electron chi connectivity index (χ4n) is 1.99. The van der Waals surface area contributed by atoms with E-state index in [0.717, 1.165) is 6.07 Å². The van der Waals surface area contributed by atoms with Gasteiger partial charge < -0.3 is 4.98 Å². The molecule has 7 nitrogen and oxygen atoms in total. The number of benzene rings is 1. The van der Waals surface area contributed by atoms with Crippen molar-refractivity contribution in [2.45, 2.75) is 31.1 Å². The third-order valence-electron chi connectivity index (χ3n) is 2.93. The van der Waals surface area contributed by atoms with Crippen LogP contribution in [0.3, 0.4) is 0 Å². The zero-order valence-corrected chi connectivity index (χ0v) is 12.0. The summed E-state index contributed by atoms with van der Waals surface area (Å²) >= 11 is 0. The monoisotopic (exact) mass is 298 g/mol. The highest BCUT2D eigenvalue weighted by Gasteiger charge is 2.25. The summed E-state index contributed by atoms with van der Waals surface area (Å²) in [5.74, 6) is 0. The Bertz CT molecular complexity index is 900. The minimum atomic E-state index is -4.47. The molecule has 0 atom stereocenters. The van der Waals surface area contributed by atoms with Gasteiger partial charge in [-0.3, -0.25) is 14.3 Å². The fraction of sp³-hybridized carbons (Fsp3) is 0.333. The van der Waals surface area contributed by atoms with E-state index in [1.807, 2.05) is 0 Å². The van der Waals surface area contributed by atoms with E-state index in [-0.39, 0.29) is 15.8 Å². The van der Waals surface area contributed by atoms with E-state index >= 15 is 0 Å². The van der Waals surface area contributed by atoms with Crippen molar-refractivity contribution < 1.29 is 13.0 Å². The summed E-state index contributed by atoms with van der Waals surface area (Å²) in [6.07, 6.45) is 0. The summed E-state index contributed by atoms with van der Waals surface area (Å²) in [6, 6.07) is 2.47. The molecule has 0 aliphatic carbocycles. The lowest BCUT2D eigenvalue weighted by Gasteiger charge is -2.22. The normalized spacial score (nSPS) is 12.8. The van der Waals surface area contributed by atoms with Crippen LogP contribution in [0.2, 0.25) is 0 Å². The predicted molar refractivity (Wildman–Crippen MR) is 73.7 cm³/mol. The number of hydrogen-bond donors (Lipinski definition) is 3. The lowest BCUT2D eigenvalue weighted by atomic mass is 9.86. The molecule has 1 aromatic carbocycles. The molecule has 0 bridgehead atoms. The molecule has 0 saturated heterocycles. The summed E-state index contributed by atoms with van der Waals surface area (Å²) < 4.78 is 32.3. The molecule has 2 rings (SSSR count). The molecule has 3 N–H and O–H groups in total. The first kappa shape index (κ1) is 14.5. The van der Waals surface area contributed by atoms with Crippen molar-refractivity contribution in [3.05, 3.63) is 38.5 Å². The number of fused-ring (bicyclic) bond motifs is 1. The van der Waals surface area contributed by atoms with Crippen molar-refractivity contribution in [3.8, 4) is 0 Å². The standard InChI is InChI=1S/C12H14N2O5S/c1-12(2,3)7-4-6-8(5-9(7)20(17,18)19)13-11(16)14-10(6)15/h4-5H,1-3H3,(H,17,18,19)(H2,13,14,15,16). The molecule has 0 saturated carbocycles. The first-order valence-electron chi connectivity index (χ1n) is 5.78. The highest BCUT2D eigenvalue weighted by molar-refractivity contribution is 7.85. The molecule has 0 unspecified atom stereocenters. The van der Waals surface area contributed by atoms with Crippen molar-refractivity contribution in [2.24, 2.45) is 0 Å². The quantitative estimate of drug-likeness (QED) is 0.671. The number of nitrogens with one attached hydrogen (secondary N) is 2. The Morgan fingerprint density at radius 3 is 2.20 bits per heavy atom. The molecule has 1 aromatic heterocycles. The molecule has 0 amide bonds. The molecule has 2 aromatic rings. The first-order valence-corrected chi connectivity index (χ1v) is 7.22. The first-order chi connectivity index (χ1) is 9.00. The summed E-state index contributed by atoms with van der Waals surface area (Å²) in [5, 5.41) is 0.155. The van der Waals surface area contributed by atoms with Gasteiger partial charge in [0.2, 0.25) is 0 Å². The number of aromatic amines is 2. The minimum absolute atomic E-state index is 0.0550. The van der Waals surface area contributed by atoms with Gasteiger partial charge in [-0.05, 0) is 23.1 Å². The van der Waals surface area contributed by atoms with Gasteiger partial charge in [-0.1, -0.05) is 20.8 Å². The van der Waals surface area contributed by atoms with Gasteiger partial charge in [-0.25, -0.2) is 4.79 Å². The summed E-state index contributed by atoms with van der Waals surface area (Å²) in [5.41, 5.74) is -1.62. The lowest BCUT2D eigenvalue weighted by molar-refractivity contribution is 0.476. The topological polar surface area (TPSA) is 120 Å². The summed E-state index contributed by atoms with van der Waals surface area (Å²) in [4.78, 5) is 27.1. The third-order valence-corrected chi connectivity index (χ3v) is 3.82. The van der Waals surface area contributed by atoms with Crippen LogP contribution in [0.1, 0.15) is 26.3 Å². The Kier molecular flexibility index (Phi) is 3.10. The molecule has 20 heavy (non-hydrogen) atoms. The summed E-state index contributed by atoms with van der Waals surface area (Å²) in [7, 11) is -4.47. The van der Waals surface area contributed by atoms with Gasteiger partial charge in [-0.2, -0.15) is 8.42 Å². The van der Waals surface area contributed by atoms with Crippen molar-refractivity contribution in [3.63, 3.8) is 0 Å². The SMILES string of the molecule is CC(C)(C)c1cc2c(=O)[nH]c(=O)[nH]c2cc1S(=O)(=O)O. The Morgan fingerprint density at radius 1 is 1.10 bits per heavy atom. The number of H-pyrrole nitrogens is 2. The van der Waals surface area contributed by atoms with Crippen LogP contribution in [-0.2, 0) is 15.5 Å². The maximum absolute atomic E-state index is 11.8. The van der Waals surface area contributed by atoms with Crippen LogP contribution in [0, 0.1) is 0 Å². The van der Waals surface area contributed by atoms with Crippen LogP contribution >= 0.6 is 0 Å². The van der Waals surface area contributed by atoms with Crippen molar-refractivity contribution in [1.29, 1.82) is 0 Å². The average molecular weight is 298 g/mol. The molecule has 8 heteroatoms. The Balaban J connectivity index is 3.05. The van der Waals surface area contributed by atoms with Crippen molar-refractivity contribution in [1.82, 2.24) is 9.97 Å². The van der Waals surface area contributed by atoms with E-state index < -0.39 is 26.8 Å². The zero-order chi connectivity index (χ0) is 15.3. The van der Waals surface area contributed by atoms with Crippen LogP contribution in [0.4, 0.5) is 0 Å². The Labute approximate surface area is 114 Å². The molecule has 0 spiro atoms. The maximum atomic E-state index is 11.8. The molecular formula is C12H14N2O5S. The second-order valence-corrected chi connectivity index (χ2v) is 6.92. The van der Waals surface area contributed by atoms with Crippen LogP contribution in [0.15, 0.2) is 26.6 Å². The molecule has 0 fully saturated rings. The fourth-order valence-corrected chi connectivity index (χ4v) is 2.90. The predicted octanol–water partition coefficient (Wildman–Crippen LogP) is 0.761. The number of rotatable bonds is 1. The molecule has 0 aliphatic heterocycles. The van der Waals surface area contributed by atoms with E-state index in [0.29, 0.717) is 5.56 Å². The van der Waals surface area contributed by atoms with Crippen LogP contribution in [0.5, 0.6) is 0 Å². The van der Waals surface area contributed by atoms with Gasteiger partial charge in [0.05, 0.1) is 15.8 Å². The van der Waals surface area contributed by atoms with Crippen LogP contribution < -0.4 is 11.2 Å². The molecule has 0 radical (unpaired) electrons. The van der Waals surface area contributed by atoms with Gasteiger partial charge >= 0.3 is 5.69 Å². The van der Waals surface area contributed by atoms with Gasteiger partial charge in [-0.15, -0.1) is 0 Å². The number of aromatic nitrogens is 2. The lowest BCUT2D eigenvalue weighted by Crippen LogP contribution is -2.24. The molecule has 1 heterocycles. The van der Waals surface area contributed by atoms with Gasteiger partial charge in [0, 0.05) is 0 Å². The van der Waals surface area contributed by atoms with E-state index in [4.69, 9.17) is 0 Å². The van der Waals surface area contributed by atoms with Crippen LogP contribution in [0.25, 0.3) is 10.9 Å². The number of hydrogen-bond acceptors (Lipinski definition) is 4. The Morgan fingerprint density at radius 2 is 1.70 bits per heavy atom. The molecular weight excluding hydrogens is 284 g/mol. The van der Waals surface area contributed by atoms with E-state index in [9.17, 15) is 22.6 Å². The van der Waals surface area contributed by atoms with Gasteiger partial charge in [0.15, 0.2) is 0 Å². The largest absolute Gasteiger partial charge is 0.326 e. The highest BCUT2D eigenvalue weighted by atomic mass is 32.2. The minimum Gasteiger partial charge on any atom is -0.307 e. The van der Waals surface area contributed by atoms with Crippen LogP contribution in [-0.4, -0.2) is 22.9 Å². The average Bonchev–Trinajstić information content (AvgIpc) is 2.24. The molecule has 0 aliphatic rings. The smallest absolute Gasteiger partial charge is 0.307 e.